The van der Waals surface area contributed by atoms with Crippen LogP contribution in [0.15, 0.2) is 22.5 Å². The van der Waals surface area contributed by atoms with Crippen LogP contribution in [0.3, 0.4) is 0 Å². The zero-order valence-corrected chi connectivity index (χ0v) is 13.4. The lowest BCUT2D eigenvalue weighted by Crippen LogP contribution is -2.38. The molecule has 0 aliphatic carbocycles. The molecule has 2 N–H and O–H groups in total. The minimum absolute atomic E-state index is 0. The number of hydrogen-bond acceptors (Lipinski definition) is 3. The predicted octanol–water partition coefficient (Wildman–Crippen LogP) is 2.07. The summed E-state index contributed by atoms with van der Waals surface area (Å²) in [6, 6.07) is 4.13. The van der Waals surface area contributed by atoms with E-state index in [2.05, 4.69) is 34.0 Å². The molecular weight excluding hydrogens is 349 g/mol. The molecule has 0 spiro atoms. The van der Waals surface area contributed by atoms with Crippen molar-refractivity contribution in [2.75, 3.05) is 26.8 Å². The second-order valence-corrected chi connectivity index (χ2v) is 4.23. The first-order chi connectivity index (χ1) is 7.86. The third-order valence-corrected chi connectivity index (χ3v) is 2.78. The van der Waals surface area contributed by atoms with Crippen molar-refractivity contribution in [1.82, 2.24) is 10.6 Å². The van der Waals surface area contributed by atoms with E-state index >= 15 is 0 Å². The summed E-state index contributed by atoms with van der Waals surface area (Å²) in [5.41, 5.74) is 0. The van der Waals surface area contributed by atoms with Gasteiger partial charge in [0.25, 0.3) is 0 Å². The lowest BCUT2D eigenvalue weighted by atomic mass is 10.5. The molecule has 4 nitrogen and oxygen atoms in total. The van der Waals surface area contributed by atoms with Gasteiger partial charge in [0.05, 0.1) is 13.2 Å². The van der Waals surface area contributed by atoms with Gasteiger partial charge in [-0.05, 0) is 18.4 Å². The molecule has 0 unspecified atom stereocenters. The average Bonchev–Trinajstić information content (AvgIpc) is 2.79. The molecule has 0 saturated carbocycles. The number of halogens is 1. The van der Waals surface area contributed by atoms with E-state index in [1.165, 1.54) is 4.88 Å². The third kappa shape index (κ3) is 7.56. The van der Waals surface area contributed by atoms with Gasteiger partial charge in [-0.15, -0.1) is 35.3 Å². The molecule has 0 aromatic carbocycles. The topological polar surface area (TPSA) is 45.7 Å². The Morgan fingerprint density at radius 1 is 1.47 bits per heavy atom. The number of aliphatic imine (C=N–C) groups is 1. The molecule has 1 aromatic rings. The van der Waals surface area contributed by atoms with Gasteiger partial charge in [0.15, 0.2) is 5.96 Å². The molecule has 0 radical (unpaired) electrons. The van der Waals surface area contributed by atoms with Crippen molar-refractivity contribution in [2.45, 2.75) is 13.5 Å². The van der Waals surface area contributed by atoms with E-state index in [1.54, 1.807) is 18.4 Å². The van der Waals surface area contributed by atoms with Crippen molar-refractivity contribution in [3.63, 3.8) is 0 Å². The fraction of sp³-hybridized carbons (Fsp3) is 0.545. The molecule has 0 fully saturated rings. The number of rotatable bonds is 6. The van der Waals surface area contributed by atoms with Crippen molar-refractivity contribution >= 4 is 41.3 Å². The molecule has 0 saturated heterocycles. The van der Waals surface area contributed by atoms with Crippen molar-refractivity contribution in [3.8, 4) is 0 Å². The Hall–Kier alpha value is -0.340. The fourth-order valence-corrected chi connectivity index (χ4v) is 1.80. The highest BCUT2D eigenvalue weighted by Gasteiger charge is 1.96. The van der Waals surface area contributed by atoms with E-state index in [4.69, 9.17) is 4.74 Å². The van der Waals surface area contributed by atoms with Gasteiger partial charge in [-0.2, -0.15) is 0 Å². The Bertz CT molecular complexity index is 304. The maximum absolute atomic E-state index is 4.98. The Morgan fingerprint density at radius 2 is 2.29 bits per heavy atom. The molecule has 1 rings (SSSR count). The monoisotopic (exact) mass is 369 g/mol. The van der Waals surface area contributed by atoms with Crippen molar-refractivity contribution < 1.29 is 4.74 Å². The lowest BCUT2D eigenvalue weighted by Gasteiger charge is -2.10. The summed E-state index contributed by atoms with van der Waals surface area (Å²) in [5, 5.41) is 8.46. The highest BCUT2D eigenvalue weighted by Crippen LogP contribution is 2.09. The van der Waals surface area contributed by atoms with Crippen LogP contribution in [-0.4, -0.2) is 32.8 Å². The molecule has 0 amide bonds. The zero-order chi connectivity index (χ0) is 11.6. The first kappa shape index (κ1) is 16.7. The van der Waals surface area contributed by atoms with Crippen LogP contribution >= 0.6 is 35.3 Å². The number of nitrogens with one attached hydrogen (secondary N) is 2. The number of methoxy groups -OCH3 is 1. The molecule has 0 atom stereocenters. The number of ether oxygens (including phenoxy) is 1. The van der Waals surface area contributed by atoms with Crippen LogP contribution in [0.25, 0.3) is 0 Å². The van der Waals surface area contributed by atoms with Crippen LogP contribution in [0.1, 0.15) is 11.8 Å². The molecule has 1 heterocycles. The number of hydrogen-bond donors (Lipinski definition) is 2. The highest BCUT2D eigenvalue weighted by molar-refractivity contribution is 14.0. The molecule has 1 aromatic heterocycles. The fourth-order valence-electron chi connectivity index (χ4n) is 1.17. The van der Waals surface area contributed by atoms with Crippen LogP contribution in [0, 0.1) is 0 Å². The SMILES string of the molecule is CCNC(=NCc1cccs1)NCCOC.I. The van der Waals surface area contributed by atoms with Crippen LogP contribution < -0.4 is 10.6 Å². The van der Waals surface area contributed by atoms with Gasteiger partial charge < -0.3 is 15.4 Å². The normalized spacial score (nSPS) is 10.8. The first-order valence-electron chi connectivity index (χ1n) is 5.40. The summed E-state index contributed by atoms with van der Waals surface area (Å²) in [5.74, 6) is 0.841. The minimum Gasteiger partial charge on any atom is -0.383 e. The number of guanidine groups is 1. The molecule has 17 heavy (non-hydrogen) atoms. The number of nitrogens with zero attached hydrogens (tertiary/aromatic N) is 1. The maximum Gasteiger partial charge on any atom is 0.191 e. The van der Waals surface area contributed by atoms with Gasteiger partial charge in [0.1, 0.15) is 0 Å². The smallest absolute Gasteiger partial charge is 0.191 e. The van der Waals surface area contributed by atoms with Crippen molar-refractivity contribution in [2.24, 2.45) is 4.99 Å². The van der Waals surface area contributed by atoms with Gasteiger partial charge in [-0.3, -0.25) is 0 Å². The summed E-state index contributed by atoms with van der Waals surface area (Å²) in [4.78, 5) is 5.74. The second kappa shape index (κ2) is 10.8. The van der Waals surface area contributed by atoms with Crippen molar-refractivity contribution in [1.29, 1.82) is 0 Å². The second-order valence-electron chi connectivity index (χ2n) is 3.19. The molecule has 6 heteroatoms. The van der Waals surface area contributed by atoms with E-state index in [9.17, 15) is 0 Å². The summed E-state index contributed by atoms with van der Waals surface area (Å²) >= 11 is 1.72. The van der Waals surface area contributed by atoms with Crippen LogP contribution in [0.4, 0.5) is 0 Å². The third-order valence-electron chi connectivity index (χ3n) is 1.92. The van der Waals surface area contributed by atoms with E-state index in [-0.39, 0.29) is 24.0 Å². The number of thiophene rings is 1. The summed E-state index contributed by atoms with van der Waals surface area (Å²) < 4.78 is 4.98. The minimum atomic E-state index is 0. The Labute approximate surface area is 124 Å². The summed E-state index contributed by atoms with van der Waals surface area (Å²) in [6.07, 6.45) is 0. The van der Waals surface area contributed by atoms with Gasteiger partial charge in [-0.1, -0.05) is 6.07 Å². The van der Waals surface area contributed by atoms with Gasteiger partial charge >= 0.3 is 0 Å². The predicted molar refractivity (Wildman–Crippen MR) is 84.4 cm³/mol. The Morgan fingerprint density at radius 3 is 2.88 bits per heavy atom. The van der Waals surface area contributed by atoms with E-state index < -0.39 is 0 Å². The molecule has 0 aliphatic heterocycles. The Balaban J connectivity index is 0.00000256. The molecule has 0 aliphatic rings. The zero-order valence-electron chi connectivity index (χ0n) is 10.2. The quantitative estimate of drug-likeness (QED) is 0.349. The van der Waals surface area contributed by atoms with Gasteiger partial charge in [0.2, 0.25) is 0 Å². The Kier molecular flexibility index (Phi) is 10.6. The van der Waals surface area contributed by atoms with Crippen molar-refractivity contribution in [3.05, 3.63) is 22.4 Å². The molecule has 0 bridgehead atoms. The van der Waals surface area contributed by atoms with Crippen LogP contribution in [0.5, 0.6) is 0 Å². The maximum atomic E-state index is 4.98. The van der Waals surface area contributed by atoms with E-state index in [1.807, 2.05) is 6.07 Å². The van der Waals surface area contributed by atoms with Crippen LogP contribution in [-0.2, 0) is 11.3 Å². The standard InChI is InChI=1S/C11H19N3OS.HI/c1-3-12-11(13-6-7-15-2)14-9-10-5-4-8-16-10;/h4-5,8H,3,6-7,9H2,1-2H3,(H2,12,13,14);1H. The summed E-state index contributed by atoms with van der Waals surface area (Å²) in [6.45, 7) is 5.10. The molecule has 98 valence electrons. The van der Waals surface area contributed by atoms with E-state index in [0.29, 0.717) is 6.61 Å². The van der Waals surface area contributed by atoms with E-state index in [0.717, 1.165) is 25.6 Å². The molecular formula is C11H20IN3OS. The average molecular weight is 369 g/mol. The van der Waals surface area contributed by atoms with Gasteiger partial charge in [-0.25, -0.2) is 4.99 Å². The highest BCUT2D eigenvalue weighted by atomic mass is 127. The summed E-state index contributed by atoms with van der Waals surface area (Å²) in [7, 11) is 1.69. The largest absolute Gasteiger partial charge is 0.383 e. The van der Waals surface area contributed by atoms with Gasteiger partial charge in [0, 0.05) is 25.1 Å². The first-order valence-corrected chi connectivity index (χ1v) is 6.28. The lowest BCUT2D eigenvalue weighted by molar-refractivity contribution is 0.203. The van der Waals surface area contributed by atoms with Crippen LogP contribution in [0.2, 0.25) is 0 Å².